The Morgan fingerprint density at radius 1 is 1.50 bits per heavy atom. The van der Waals surface area contributed by atoms with Gasteiger partial charge in [0.1, 0.15) is 0 Å². The Morgan fingerprint density at radius 2 is 2.28 bits per heavy atom. The van der Waals surface area contributed by atoms with E-state index in [1.807, 2.05) is 12.1 Å². The van der Waals surface area contributed by atoms with Gasteiger partial charge < -0.3 is 5.32 Å². The van der Waals surface area contributed by atoms with E-state index >= 15 is 0 Å². The van der Waals surface area contributed by atoms with Crippen molar-refractivity contribution in [2.75, 3.05) is 0 Å². The number of thiophene rings is 1. The first kappa shape index (κ1) is 12.1. The molecule has 0 unspecified atom stereocenters. The Labute approximate surface area is 118 Å². The van der Waals surface area contributed by atoms with E-state index in [0.29, 0.717) is 11.6 Å². The zero-order chi connectivity index (χ0) is 12.7. The fourth-order valence-electron chi connectivity index (χ4n) is 2.30. The molecule has 3 nitrogen and oxygen atoms in total. The lowest BCUT2D eigenvalue weighted by Crippen LogP contribution is -2.43. The maximum absolute atomic E-state index is 12.0. The summed E-state index contributed by atoms with van der Waals surface area (Å²) in [6, 6.07) is 4.23. The van der Waals surface area contributed by atoms with Gasteiger partial charge in [-0.25, -0.2) is 0 Å². The number of amides is 1. The molecule has 1 fully saturated rings. The maximum atomic E-state index is 12.0. The van der Waals surface area contributed by atoms with E-state index in [2.05, 4.69) is 33.2 Å². The molecule has 2 aromatic rings. The number of pyridine rings is 1. The van der Waals surface area contributed by atoms with Crippen LogP contribution in [0.15, 0.2) is 22.1 Å². The van der Waals surface area contributed by atoms with Gasteiger partial charge in [-0.2, -0.15) is 0 Å². The monoisotopic (exact) mass is 324 g/mol. The third-order valence-corrected chi connectivity index (χ3v) is 4.88. The SMILES string of the molecule is CC1CC(NC(=O)c2cnc3cc(Br)sc3c2)C1. The van der Waals surface area contributed by atoms with E-state index in [1.54, 1.807) is 17.5 Å². The highest BCUT2D eigenvalue weighted by molar-refractivity contribution is 9.11. The number of carbonyl (C=O) groups is 1. The second-order valence-corrected chi connectivity index (χ2v) is 7.37. The number of fused-ring (bicyclic) bond motifs is 1. The minimum atomic E-state index is -0.00850. The van der Waals surface area contributed by atoms with E-state index in [0.717, 1.165) is 32.8 Å². The zero-order valence-corrected chi connectivity index (χ0v) is 12.3. The van der Waals surface area contributed by atoms with Gasteiger partial charge in [-0.15, -0.1) is 11.3 Å². The van der Waals surface area contributed by atoms with Crippen LogP contribution < -0.4 is 5.32 Å². The van der Waals surface area contributed by atoms with Crippen molar-refractivity contribution in [3.63, 3.8) is 0 Å². The molecule has 0 aromatic carbocycles. The van der Waals surface area contributed by atoms with Crippen LogP contribution in [0.2, 0.25) is 0 Å². The molecule has 5 heteroatoms. The smallest absolute Gasteiger partial charge is 0.253 e. The van der Waals surface area contributed by atoms with Crippen LogP contribution >= 0.6 is 27.3 Å². The molecule has 1 aliphatic rings. The fourth-order valence-corrected chi connectivity index (χ4v) is 3.82. The Kier molecular flexibility index (Phi) is 3.11. The van der Waals surface area contributed by atoms with E-state index < -0.39 is 0 Å². The standard InChI is InChI=1S/C13H13BrN2OS/c1-7-2-9(3-7)16-13(17)8-4-11-10(15-6-8)5-12(14)18-11/h4-7,9H,2-3H2,1H3,(H,16,17). The van der Waals surface area contributed by atoms with Gasteiger partial charge in [0.05, 0.1) is 19.6 Å². The van der Waals surface area contributed by atoms with Gasteiger partial charge in [0, 0.05) is 12.2 Å². The molecule has 1 aliphatic carbocycles. The van der Waals surface area contributed by atoms with Gasteiger partial charge in [0.25, 0.3) is 5.91 Å². The normalized spacial score (nSPS) is 22.8. The van der Waals surface area contributed by atoms with Crippen LogP contribution in [0, 0.1) is 5.92 Å². The predicted molar refractivity (Wildman–Crippen MR) is 77.0 cm³/mol. The minimum Gasteiger partial charge on any atom is -0.349 e. The molecule has 2 heterocycles. The second kappa shape index (κ2) is 4.63. The third kappa shape index (κ3) is 2.29. The Hall–Kier alpha value is -0.940. The molecule has 0 spiro atoms. The first-order chi connectivity index (χ1) is 8.61. The lowest BCUT2D eigenvalue weighted by Gasteiger charge is -2.33. The summed E-state index contributed by atoms with van der Waals surface area (Å²) in [6.45, 7) is 2.21. The molecule has 0 radical (unpaired) electrons. The van der Waals surface area contributed by atoms with Crippen molar-refractivity contribution in [3.8, 4) is 0 Å². The first-order valence-corrected chi connectivity index (χ1v) is 7.59. The topological polar surface area (TPSA) is 42.0 Å². The Morgan fingerprint density at radius 3 is 3.00 bits per heavy atom. The van der Waals surface area contributed by atoms with Crippen LogP contribution in [-0.2, 0) is 0 Å². The van der Waals surface area contributed by atoms with Gasteiger partial charge in [-0.05, 0) is 46.8 Å². The molecule has 0 atom stereocenters. The number of hydrogen-bond donors (Lipinski definition) is 1. The van der Waals surface area contributed by atoms with Crippen LogP contribution in [0.5, 0.6) is 0 Å². The van der Waals surface area contributed by atoms with Crippen molar-refractivity contribution in [2.45, 2.75) is 25.8 Å². The average molecular weight is 325 g/mol. The quantitative estimate of drug-likeness (QED) is 0.917. The fraction of sp³-hybridized carbons (Fsp3) is 0.385. The summed E-state index contributed by atoms with van der Waals surface area (Å²) in [4.78, 5) is 16.4. The Balaban J connectivity index is 1.78. The molecule has 94 valence electrons. The predicted octanol–water partition coefficient (Wildman–Crippen LogP) is 3.59. The molecule has 1 saturated carbocycles. The molecule has 1 N–H and O–H groups in total. The summed E-state index contributed by atoms with van der Waals surface area (Å²) < 4.78 is 2.08. The highest BCUT2D eigenvalue weighted by atomic mass is 79.9. The molecule has 0 saturated heterocycles. The van der Waals surface area contributed by atoms with Crippen LogP contribution in [-0.4, -0.2) is 16.9 Å². The number of hydrogen-bond acceptors (Lipinski definition) is 3. The van der Waals surface area contributed by atoms with Crippen LogP contribution in [0.3, 0.4) is 0 Å². The highest BCUT2D eigenvalue weighted by Gasteiger charge is 2.26. The summed E-state index contributed by atoms with van der Waals surface area (Å²) in [5.74, 6) is 0.731. The number of halogens is 1. The lowest BCUT2D eigenvalue weighted by atomic mass is 9.82. The van der Waals surface area contributed by atoms with Crippen LogP contribution in [0.4, 0.5) is 0 Å². The molecule has 0 aliphatic heterocycles. The van der Waals surface area contributed by atoms with E-state index in [1.165, 1.54) is 0 Å². The zero-order valence-electron chi connectivity index (χ0n) is 9.94. The van der Waals surface area contributed by atoms with Crippen molar-refractivity contribution >= 4 is 43.4 Å². The highest BCUT2D eigenvalue weighted by Crippen LogP contribution is 2.29. The molecule has 2 aromatic heterocycles. The molecule has 3 rings (SSSR count). The number of nitrogens with zero attached hydrogens (tertiary/aromatic N) is 1. The van der Waals surface area contributed by atoms with Crippen LogP contribution in [0.1, 0.15) is 30.1 Å². The van der Waals surface area contributed by atoms with Crippen molar-refractivity contribution in [2.24, 2.45) is 5.92 Å². The molecule has 18 heavy (non-hydrogen) atoms. The van der Waals surface area contributed by atoms with Gasteiger partial charge in [-0.1, -0.05) is 6.92 Å². The average Bonchev–Trinajstić information content (AvgIpc) is 2.65. The summed E-state index contributed by atoms with van der Waals surface area (Å²) in [6.07, 6.45) is 3.83. The summed E-state index contributed by atoms with van der Waals surface area (Å²) in [7, 11) is 0. The third-order valence-electron chi connectivity index (χ3n) is 3.31. The maximum Gasteiger partial charge on any atom is 0.253 e. The summed E-state index contributed by atoms with van der Waals surface area (Å²) in [5, 5.41) is 3.05. The van der Waals surface area contributed by atoms with Crippen molar-refractivity contribution in [1.29, 1.82) is 0 Å². The minimum absolute atomic E-state index is 0.00850. The van der Waals surface area contributed by atoms with Crippen molar-refractivity contribution in [3.05, 3.63) is 27.7 Å². The number of carbonyl (C=O) groups excluding carboxylic acids is 1. The van der Waals surface area contributed by atoms with Gasteiger partial charge in [-0.3, -0.25) is 9.78 Å². The van der Waals surface area contributed by atoms with Crippen molar-refractivity contribution in [1.82, 2.24) is 10.3 Å². The second-order valence-electron chi connectivity index (χ2n) is 4.90. The Bertz CT molecular complexity index is 604. The molecular weight excluding hydrogens is 312 g/mol. The summed E-state index contributed by atoms with van der Waals surface area (Å²) in [5.41, 5.74) is 1.58. The van der Waals surface area contributed by atoms with Gasteiger partial charge in [0.2, 0.25) is 0 Å². The number of nitrogens with one attached hydrogen (secondary N) is 1. The van der Waals surface area contributed by atoms with E-state index in [9.17, 15) is 4.79 Å². The summed E-state index contributed by atoms with van der Waals surface area (Å²) >= 11 is 5.03. The van der Waals surface area contributed by atoms with Gasteiger partial charge >= 0.3 is 0 Å². The number of rotatable bonds is 2. The lowest BCUT2D eigenvalue weighted by molar-refractivity contribution is 0.0896. The van der Waals surface area contributed by atoms with E-state index in [4.69, 9.17) is 0 Å². The van der Waals surface area contributed by atoms with Gasteiger partial charge in [0.15, 0.2) is 0 Å². The van der Waals surface area contributed by atoms with Crippen LogP contribution in [0.25, 0.3) is 10.2 Å². The largest absolute Gasteiger partial charge is 0.349 e. The molecule has 1 amide bonds. The molecular formula is C13H13BrN2OS. The number of aromatic nitrogens is 1. The van der Waals surface area contributed by atoms with E-state index in [-0.39, 0.29) is 5.91 Å². The van der Waals surface area contributed by atoms with Crippen molar-refractivity contribution < 1.29 is 4.79 Å². The molecule has 0 bridgehead atoms. The first-order valence-electron chi connectivity index (χ1n) is 5.98.